The molecule has 0 radical (unpaired) electrons. The maximum absolute atomic E-state index is 11.6. The predicted molar refractivity (Wildman–Crippen MR) is 113 cm³/mol. The Morgan fingerprint density at radius 2 is 1.79 bits per heavy atom. The highest BCUT2D eigenvalue weighted by Gasteiger charge is 2.16. The summed E-state index contributed by atoms with van der Waals surface area (Å²) in [6, 6.07) is 18.7. The zero-order chi connectivity index (χ0) is 20.2. The average molecular weight is 426 g/mol. The molecule has 0 bridgehead atoms. The summed E-state index contributed by atoms with van der Waals surface area (Å²) >= 11 is 7.61. The third-order valence-electron chi connectivity index (χ3n) is 4.14. The standard InChI is InChI=1S/C20H16ClN5O2S/c21-14-6-4-5-13(9-14)12-29-20-25-24-17(26(20)16-7-2-1-3-8-16)10-15-11-18(27)23-19(28)22-15/h1-9,11H,10,12H2,(H2,22,23,27,28). The lowest BCUT2D eigenvalue weighted by molar-refractivity contribution is 0.829. The van der Waals surface area contributed by atoms with Gasteiger partial charge in [0.2, 0.25) is 0 Å². The molecule has 0 aliphatic carbocycles. The van der Waals surface area contributed by atoms with Gasteiger partial charge in [-0.15, -0.1) is 10.2 Å². The van der Waals surface area contributed by atoms with Crippen LogP contribution in [-0.4, -0.2) is 24.7 Å². The Morgan fingerprint density at radius 3 is 2.55 bits per heavy atom. The van der Waals surface area contributed by atoms with Crippen molar-refractivity contribution in [2.75, 3.05) is 0 Å². The van der Waals surface area contributed by atoms with Crippen LogP contribution in [0.5, 0.6) is 0 Å². The molecule has 2 aromatic heterocycles. The van der Waals surface area contributed by atoms with E-state index < -0.39 is 11.2 Å². The number of hydrogen-bond acceptors (Lipinski definition) is 5. The molecule has 0 fully saturated rings. The summed E-state index contributed by atoms with van der Waals surface area (Å²) in [6.45, 7) is 0. The molecule has 0 unspecified atom stereocenters. The first-order valence-electron chi connectivity index (χ1n) is 8.78. The van der Waals surface area contributed by atoms with Crippen LogP contribution in [0, 0.1) is 0 Å². The number of nitrogens with zero attached hydrogens (tertiary/aromatic N) is 3. The Labute approximate surface area is 174 Å². The van der Waals surface area contributed by atoms with Gasteiger partial charge in [-0.2, -0.15) is 0 Å². The van der Waals surface area contributed by atoms with Crippen LogP contribution in [0.3, 0.4) is 0 Å². The van der Waals surface area contributed by atoms with Crippen molar-refractivity contribution in [1.82, 2.24) is 24.7 Å². The molecule has 0 spiro atoms. The Balaban J connectivity index is 1.68. The number of H-pyrrole nitrogens is 2. The number of hydrogen-bond donors (Lipinski definition) is 2. The van der Waals surface area contributed by atoms with E-state index in [1.165, 1.54) is 17.8 Å². The van der Waals surface area contributed by atoms with Gasteiger partial charge in [0.05, 0.1) is 0 Å². The van der Waals surface area contributed by atoms with Gasteiger partial charge in [-0.05, 0) is 29.8 Å². The summed E-state index contributed by atoms with van der Waals surface area (Å²) in [5, 5.41) is 10.0. The van der Waals surface area contributed by atoms with Gasteiger partial charge >= 0.3 is 5.69 Å². The first kappa shape index (κ1) is 19.2. The minimum Gasteiger partial charge on any atom is -0.311 e. The van der Waals surface area contributed by atoms with Crippen LogP contribution in [0.2, 0.25) is 5.02 Å². The van der Waals surface area contributed by atoms with Gasteiger partial charge in [-0.1, -0.05) is 53.7 Å². The predicted octanol–water partition coefficient (Wildman–Crippen LogP) is 3.18. The lowest BCUT2D eigenvalue weighted by Gasteiger charge is -2.10. The molecule has 146 valence electrons. The second kappa shape index (κ2) is 8.50. The van der Waals surface area contributed by atoms with Crippen LogP contribution in [0.1, 0.15) is 17.1 Å². The van der Waals surface area contributed by atoms with Gasteiger partial charge < -0.3 is 4.98 Å². The van der Waals surface area contributed by atoms with Crippen molar-refractivity contribution in [2.45, 2.75) is 17.3 Å². The van der Waals surface area contributed by atoms with E-state index in [1.54, 1.807) is 0 Å². The number of aromatic amines is 2. The third kappa shape index (κ3) is 4.67. The van der Waals surface area contributed by atoms with Crippen LogP contribution >= 0.6 is 23.4 Å². The summed E-state index contributed by atoms with van der Waals surface area (Å²) < 4.78 is 1.93. The Morgan fingerprint density at radius 1 is 0.966 bits per heavy atom. The summed E-state index contributed by atoms with van der Waals surface area (Å²) in [4.78, 5) is 28.0. The number of thioether (sulfide) groups is 1. The first-order chi connectivity index (χ1) is 14.1. The maximum Gasteiger partial charge on any atom is 0.325 e. The van der Waals surface area contributed by atoms with Crippen LogP contribution in [0.25, 0.3) is 5.69 Å². The topological polar surface area (TPSA) is 96.4 Å². The number of rotatable bonds is 6. The second-order valence-electron chi connectivity index (χ2n) is 6.28. The highest BCUT2D eigenvalue weighted by Crippen LogP contribution is 2.26. The molecule has 4 aromatic rings. The Bertz CT molecular complexity index is 1220. The summed E-state index contributed by atoms with van der Waals surface area (Å²) in [7, 11) is 0. The van der Waals surface area contributed by atoms with E-state index in [0.717, 1.165) is 11.3 Å². The van der Waals surface area contributed by atoms with E-state index in [2.05, 4.69) is 20.2 Å². The van der Waals surface area contributed by atoms with Gasteiger partial charge in [0.15, 0.2) is 5.16 Å². The van der Waals surface area contributed by atoms with Crippen LogP contribution in [0.4, 0.5) is 0 Å². The number of aromatic nitrogens is 5. The van der Waals surface area contributed by atoms with E-state index in [-0.39, 0.29) is 6.42 Å². The fraction of sp³-hybridized carbons (Fsp3) is 0.100. The zero-order valence-corrected chi connectivity index (χ0v) is 16.7. The molecule has 0 aliphatic rings. The van der Waals surface area contributed by atoms with Gasteiger partial charge in [0.1, 0.15) is 5.82 Å². The molecular formula is C20H16ClN5O2S. The Kier molecular flexibility index (Phi) is 5.64. The molecule has 0 atom stereocenters. The molecule has 0 saturated heterocycles. The summed E-state index contributed by atoms with van der Waals surface area (Å²) in [5.41, 5.74) is 1.44. The molecule has 0 amide bonds. The van der Waals surface area contributed by atoms with Crippen molar-refractivity contribution in [3.05, 3.63) is 104 Å². The van der Waals surface area contributed by atoms with Crippen LogP contribution < -0.4 is 11.2 Å². The van der Waals surface area contributed by atoms with Gasteiger partial charge in [0.25, 0.3) is 5.56 Å². The molecule has 29 heavy (non-hydrogen) atoms. The SMILES string of the molecule is O=c1cc(Cc2nnc(SCc3cccc(Cl)c3)n2-c2ccccc2)[nH]c(=O)[nH]1. The minimum absolute atomic E-state index is 0.263. The number of benzene rings is 2. The smallest absolute Gasteiger partial charge is 0.311 e. The normalized spacial score (nSPS) is 10.9. The molecule has 0 saturated carbocycles. The van der Waals surface area contributed by atoms with Crippen LogP contribution in [0.15, 0.2) is 75.4 Å². The highest BCUT2D eigenvalue weighted by molar-refractivity contribution is 7.98. The minimum atomic E-state index is -0.547. The number of para-hydroxylation sites is 1. The number of halogens is 1. The fourth-order valence-corrected chi connectivity index (χ4v) is 4.03. The fourth-order valence-electron chi connectivity index (χ4n) is 2.90. The van der Waals surface area contributed by atoms with Crippen LogP contribution in [-0.2, 0) is 12.2 Å². The monoisotopic (exact) mass is 425 g/mol. The maximum atomic E-state index is 11.6. The molecular weight excluding hydrogens is 410 g/mol. The van der Waals surface area contributed by atoms with Crippen molar-refractivity contribution in [3.8, 4) is 5.69 Å². The van der Waals surface area contributed by atoms with Crippen molar-refractivity contribution in [1.29, 1.82) is 0 Å². The average Bonchev–Trinajstić information content (AvgIpc) is 3.08. The summed E-state index contributed by atoms with van der Waals surface area (Å²) in [5.74, 6) is 1.29. The van der Waals surface area contributed by atoms with Crippen molar-refractivity contribution < 1.29 is 0 Å². The first-order valence-corrected chi connectivity index (χ1v) is 10.1. The lowest BCUT2D eigenvalue weighted by Crippen LogP contribution is -2.23. The number of nitrogens with one attached hydrogen (secondary N) is 2. The van der Waals surface area contributed by atoms with Gasteiger partial charge in [-0.25, -0.2) is 4.79 Å². The lowest BCUT2D eigenvalue weighted by atomic mass is 10.2. The molecule has 9 heteroatoms. The molecule has 2 heterocycles. The summed E-state index contributed by atoms with van der Waals surface area (Å²) in [6.07, 6.45) is 0.263. The van der Waals surface area contributed by atoms with E-state index in [1.807, 2.05) is 59.2 Å². The second-order valence-corrected chi connectivity index (χ2v) is 7.66. The van der Waals surface area contributed by atoms with Crippen molar-refractivity contribution >= 4 is 23.4 Å². The van der Waals surface area contributed by atoms with Crippen molar-refractivity contribution in [3.63, 3.8) is 0 Å². The van der Waals surface area contributed by atoms with Gasteiger partial charge in [0, 0.05) is 34.6 Å². The van der Waals surface area contributed by atoms with E-state index in [0.29, 0.717) is 27.5 Å². The zero-order valence-electron chi connectivity index (χ0n) is 15.1. The van der Waals surface area contributed by atoms with E-state index in [9.17, 15) is 9.59 Å². The molecule has 4 rings (SSSR count). The molecule has 2 aromatic carbocycles. The molecule has 7 nitrogen and oxygen atoms in total. The van der Waals surface area contributed by atoms with Gasteiger partial charge in [-0.3, -0.25) is 14.3 Å². The van der Waals surface area contributed by atoms with E-state index in [4.69, 9.17) is 11.6 Å². The largest absolute Gasteiger partial charge is 0.325 e. The van der Waals surface area contributed by atoms with E-state index >= 15 is 0 Å². The highest BCUT2D eigenvalue weighted by atomic mass is 35.5. The quantitative estimate of drug-likeness (QED) is 0.462. The van der Waals surface area contributed by atoms with Crippen molar-refractivity contribution in [2.24, 2.45) is 0 Å². The third-order valence-corrected chi connectivity index (χ3v) is 5.37. The molecule has 0 aliphatic heterocycles. The Hall–Kier alpha value is -3.10. The molecule has 2 N–H and O–H groups in total.